The van der Waals surface area contributed by atoms with Gasteiger partial charge in [-0.05, 0) is 51.2 Å². The number of carbonyl (C=O) groups is 2. The molecule has 2 aliphatic heterocycles. The van der Waals surface area contributed by atoms with E-state index in [1.165, 1.54) is 11.8 Å². The van der Waals surface area contributed by atoms with E-state index in [-0.39, 0.29) is 28.9 Å². The molecule has 2 fully saturated rings. The number of carbonyl (C=O) groups excluding carboxylic acids is 2. The van der Waals surface area contributed by atoms with Crippen molar-refractivity contribution >= 4 is 52.1 Å². The Labute approximate surface area is 241 Å². The van der Waals surface area contributed by atoms with Gasteiger partial charge in [0.25, 0.3) is 11.5 Å². The average Bonchev–Trinajstić information content (AvgIpc) is 3.19. The fourth-order valence-corrected chi connectivity index (χ4v) is 6.41. The molecular formula is C29H40N4O4S2. The number of aromatic nitrogens is 1. The van der Waals surface area contributed by atoms with E-state index in [1.807, 2.05) is 6.08 Å². The maximum absolute atomic E-state index is 13.5. The van der Waals surface area contributed by atoms with Crippen LogP contribution in [0.2, 0.25) is 0 Å². The van der Waals surface area contributed by atoms with E-state index in [1.54, 1.807) is 23.3 Å². The molecule has 0 saturated carbocycles. The van der Waals surface area contributed by atoms with Crippen LogP contribution in [-0.4, -0.2) is 51.9 Å². The topological polar surface area (TPSA) is 95.6 Å². The van der Waals surface area contributed by atoms with Crippen molar-refractivity contribution in [2.75, 3.05) is 31.1 Å². The average molecular weight is 573 g/mol. The Morgan fingerprint density at radius 1 is 1.10 bits per heavy atom. The molecule has 3 rings (SSSR count). The molecule has 0 atom stereocenters. The number of esters is 1. The van der Waals surface area contributed by atoms with Gasteiger partial charge in [-0.3, -0.25) is 23.9 Å². The second-order valence-electron chi connectivity index (χ2n) is 10.1. The molecule has 212 valence electrons. The lowest BCUT2D eigenvalue weighted by molar-refractivity contribution is -0.148. The van der Waals surface area contributed by atoms with E-state index in [2.05, 4.69) is 24.8 Å². The third kappa shape index (κ3) is 7.12. The van der Waals surface area contributed by atoms with E-state index < -0.39 is 0 Å². The van der Waals surface area contributed by atoms with Crippen LogP contribution in [0.15, 0.2) is 9.70 Å². The number of nitriles is 1. The zero-order valence-corrected chi connectivity index (χ0v) is 25.2. The van der Waals surface area contributed by atoms with Gasteiger partial charge in [-0.15, -0.1) is 0 Å². The van der Waals surface area contributed by atoms with Gasteiger partial charge in [0, 0.05) is 31.7 Å². The number of unbranched alkanes of at least 4 members (excludes halogenated alkanes) is 4. The second kappa shape index (κ2) is 14.7. The van der Waals surface area contributed by atoms with Crippen LogP contribution in [0.4, 0.5) is 5.82 Å². The summed E-state index contributed by atoms with van der Waals surface area (Å²) in [5.74, 6) is 0.224. The van der Waals surface area contributed by atoms with Crippen molar-refractivity contribution in [3.05, 3.63) is 31.9 Å². The number of thioether (sulfide) groups is 1. The van der Waals surface area contributed by atoms with Crippen LogP contribution < -0.4 is 10.5 Å². The molecule has 1 amide bonds. The number of ether oxygens (including phenoxy) is 1. The maximum atomic E-state index is 13.5. The Balaban J connectivity index is 2.05. The van der Waals surface area contributed by atoms with Gasteiger partial charge < -0.3 is 9.64 Å². The molecule has 3 heterocycles. The molecule has 0 aliphatic carbocycles. The van der Waals surface area contributed by atoms with Gasteiger partial charge in [-0.25, -0.2) is 0 Å². The number of amides is 1. The number of nitrogens with zero attached hydrogens (tertiary/aromatic N) is 4. The first-order chi connectivity index (χ1) is 18.8. The quantitative estimate of drug-likeness (QED) is 0.142. The largest absolute Gasteiger partial charge is 0.466 e. The Bertz CT molecular complexity index is 1210. The zero-order valence-electron chi connectivity index (χ0n) is 23.6. The summed E-state index contributed by atoms with van der Waals surface area (Å²) in [6, 6.07) is 2.11. The van der Waals surface area contributed by atoms with E-state index in [0.29, 0.717) is 71.8 Å². The SMILES string of the molecule is CCCCCCN1C(=O)/C(=C\c2c(C)c(C#N)c(=O)n(CCCC)c2N2CCC(C(=O)OCC)CC2)SC1=S. The van der Waals surface area contributed by atoms with E-state index in [0.717, 1.165) is 38.5 Å². The number of thiocarbonyl (C=S) groups is 1. The number of rotatable bonds is 12. The molecule has 1 aromatic heterocycles. The molecule has 0 unspecified atom stereocenters. The summed E-state index contributed by atoms with van der Waals surface area (Å²) in [6.45, 7) is 10.3. The lowest BCUT2D eigenvalue weighted by atomic mass is 9.95. The highest BCUT2D eigenvalue weighted by atomic mass is 32.2. The van der Waals surface area contributed by atoms with Crippen LogP contribution in [0.3, 0.4) is 0 Å². The highest BCUT2D eigenvalue weighted by molar-refractivity contribution is 8.26. The summed E-state index contributed by atoms with van der Waals surface area (Å²) in [5, 5.41) is 9.91. The van der Waals surface area contributed by atoms with Gasteiger partial charge in [0.1, 0.15) is 21.8 Å². The van der Waals surface area contributed by atoms with E-state index in [4.69, 9.17) is 17.0 Å². The molecule has 8 nitrogen and oxygen atoms in total. The van der Waals surface area contributed by atoms with Crippen molar-refractivity contribution in [1.82, 2.24) is 9.47 Å². The van der Waals surface area contributed by atoms with Gasteiger partial charge in [0.05, 0.1) is 17.4 Å². The Morgan fingerprint density at radius 2 is 1.79 bits per heavy atom. The minimum Gasteiger partial charge on any atom is -0.466 e. The summed E-state index contributed by atoms with van der Waals surface area (Å²) >= 11 is 6.83. The summed E-state index contributed by atoms with van der Waals surface area (Å²) in [5.41, 5.74) is 1.04. The van der Waals surface area contributed by atoms with Crippen molar-refractivity contribution in [1.29, 1.82) is 5.26 Å². The van der Waals surface area contributed by atoms with Gasteiger partial charge in [0.2, 0.25) is 0 Å². The molecule has 10 heteroatoms. The number of hydrogen-bond donors (Lipinski definition) is 0. The summed E-state index contributed by atoms with van der Waals surface area (Å²) < 4.78 is 7.47. The van der Waals surface area contributed by atoms with Gasteiger partial charge in [-0.1, -0.05) is 63.5 Å². The Hall–Kier alpha value is -2.64. The second-order valence-corrected chi connectivity index (χ2v) is 11.7. The molecule has 2 aliphatic rings. The van der Waals surface area contributed by atoms with Crippen molar-refractivity contribution in [3.8, 4) is 6.07 Å². The zero-order chi connectivity index (χ0) is 28.5. The molecular weight excluding hydrogens is 532 g/mol. The minimum atomic E-state index is -0.313. The van der Waals surface area contributed by atoms with Crippen molar-refractivity contribution in [2.24, 2.45) is 5.92 Å². The molecule has 0 N–H and O–H groups in total. The molecule has 0 aromatic carbocycles. The Morgan fingerprint density at radius 3 is 2.41 bits per heavy atom. The molecule has 1 aromatic rings. The van der Waals surface area contributed by atoms with Crippen molar-refractivity contribution < 1.29 is 14.3 Å². The smallest absolute Gasteiger partial charge is 0.309 e. The Kier molecular flexibility index (Phi) is 11.6. The van der Waals surface area contributed by atoms with Crippen molar-refractivity contribution in [2.45, 2.75) is 85.6 Å². The molecule has 39 heavy (non-hydrogen) atoms. The van der Waals surface area contributed by atoms with Crippen LogP contribution in [0.25, 0.3) is 6.08 Å². The fraction of sp³-hybridized carbons (Fsp3) is 0.621. The van der Waals surface area contributed by atoms with Gasteiger partial charge in [0.15, 0.2) is 0 Å². The minimum absolute atomic E-state index is 0.0950. The number of anilines is 1. The van der Waals surface area contributed by atoms with Crippen LogP contribution in [0, 0.1) is 24.2 Å². The normalized spacial score (nSPS) is 17.3. The highest BCUT2D eigenvalue weighted by Crippen LogP contribution is 2.37. The standard InChI is InChI=1S/C29H40N4O4S2/c1-5-8-10-11-15-33-27(35)24(39-29(33)38)18-22-20(4)23(19-30)26(34)32(14-9-6-2)25(22)31-16-12-21(13-17-31)28(36)37-7-3/h18,21H,5-17H2,1-4H3/b24-18+. The van der Waals surface area contributed by atoms with Crippen LogP contribution in [0.1, 0.15) is 88.8 Å². The van der Waals surface area contributed by atoms with E-state index in [9.17, 15) is 19.6 Å². The van der Waals surface area contributed by atoms with Gasteiger partial charge in [-0.2, -0.15) is 5.26 Å². The molecule has 0 bridgehead atoms. The molecule has 0 radical (unpaired) electrons. The number of pyridine rings is 1. The highest BCUT2D eigenvalue weighted by Gasteiger charge is 2.34. The lowest BCUT2D eigenvalue weighted by Gasteiger charge is -2.35. The maximum Gasteiger partial charge on any atom is 0.309 e. The first-order valence-corrected chi connectivity index (χ1v) is 15.4. The van der Waals surface area contributed by atoms with Crippen molar-refractivity contribution in [3.63, 3.8) is 0 Å². The summed E-state index contributed by atoms with van der Waals surface area (Å²) in [7, 11) is 0. The van der Waals surface area contributed by atoms with E-state index >= 15 is 0 Å². The monoisotopic (exact) mass is 572 g/mol. The third-order valence-electron chi connectivity index (χ3n) is 7.38. The number of hydrogen-bond acceptors (Lipinski definition) is 8. The van der Waals surface area contributed by atoms with Crippen LogP contribution in [-0.2, 0) is 20.9 Å². The predicted molar refractivity (Wildman–Crippen MR) is 161 cm³/mol. The van der Waals surface area contributed by atoms with Gasteiger partial charge >= 0.3 is 5.97 Å². The number of piperidine rings is 1. The predicted octanol–water partition coefficient (Wildman–Crippen LogP) is 5.39. The summed E-state index contributed by atoms with van der Waals surface area (Å²) in [4.78, 5) is 43.5. The molecule has 0 spiro atoms. The third-order valence-corrected chi connectivity index (χ3v) is 8.76. The fourth-order valence-electron chi connectivity index (χ4n) is 5.12. The first kappa shape index (κ1) is 30.9. The van der Waals surface area contributed by atoms with Crippen LogP contribution >= 0.6 is 24.0 Å². The first-order valence-electron chi connectivity index (χ1n) is 14.1. The van der Waals surface area contributed by atoms with Crippen LogP contribution in [0.5, 0.6) is 0 Å². The lowest BCUT2D eigenvalue weighted by Crippen LogP contribution is -2.41. The molecule has 2 saturated heterocycles. The summed E-state index contributed by atoms with van der Waals surface area (Å²) in [6.07, 6.45) is 8.88.